The van der Waals surface area contributed by atoms with Gasteiger partial charge in [0.2, 0.25) is 11.8 Å². The van der Waals surface area contributed by atoms with E-state index >= 15 is 0 Å². The maximum absolute atomic E-state index is 12.8. The Morgan fingerprint density at radius 3 is 2.46 bits per heavy atom. The van der Waals surface area contributed by atoms with Gasteiger partial charge in [0.15, 0.2) is 5.96 Å². The highest BCUT2D eigenvalue weighted by Crippen LogP contribution is 2.33. The van der Waals surface area contributed by atoms with Crippen molar-refractivity contribution < 1.29 is 19.5 Å². The molecule has 184 valence electrons. The van der Waals surface area contributed by atoms with Crippen LogP contribution in [0.1, 0.15) is 30.4 Å². The van der Waals surface area contributed by atoms with Crippen molar-refractivity contribution in [3.05, 3.63) is 66.2 Å². The van der Waals surface area contributed by atoms with Crippen molar-refractivity contribution in [2.75, 3.05) is 17.2 Å². The number of carboxylic acid groups (broad SMARTS) is 1. The molecular formula is C25H30N6O4. The van der Waals surface area contributed by atoms with Crippen molar-refractivity contribution in [2.24, 2.45) is 16.5 Å². The summed E-state index contributed by atoms with van der Waals surface area (Å²) in [6.07, 6.45) is 1.77. The van der Waals surface area contributed by atoms with Crippen LogP contribution in [0.3, 0.4) is 0 Å². The Kier molecular flexibility index (Phi) is 8.44. The molecule has 0 aromatic heterocycles. The van der Waals surface area contributed by atoms with E-state index in [1.807, 2.05) is 24.3 Å². The third-order valence-corrected chi connectivity index (χ3v) is 5.58. The molecule has 2 aromatic carbocycles. The van der Waals surface area contributed by atoms with E-state index in [0.29, 0.717) is 42.6 Å². The highest BCUT2D eigenvalue weighted by molar-refractivity contribution is 6.04. The van der Waals surface area contributed by atoms with Gasteiger partial charge in [-0.1, -0.05) is 36.9 Å². The largest absolute Gasteiger partial charge is 0.480 e. The molecule has 0 spiro atoms. The molecule has 2 unspecified atom stereocenters. The molecule has 35 heavy (non-hydrogen) atoms. The van der Waals surface area contributed by atoms with Crippen molar-refractivity contribution in [1.29, 1.82) is 0 Å². The first-order valence-corrected chi connectivity index (χ1v) is 11.3. The zero-order valence-electron chi connectivity index (χ0n) is 19.3. The van der Waals surface area contributed by atoms with Crippen molar-refractivity contribution in [1.82, 2.24) is 5.32 Å². The smallest absolute Gasteiger partial charge is 0.326 e. The van der Waals surface area contributed by atoms with Gasteiger partial charge in [0.1, 0.15) is 12.1 Å². The summed E-state index contributed by atoms with van der Waals surface area (Å²) >= 11 is 0. The predicted octanol–water partition coefficient (Wildman–Crippen LogP) is 1.69. The van der Waals surface area contributed by atoms with E-state index in [1.165, 1.54) is 0 Å². The topological polar surface area (TPSA) is 172 Å². The number of para-hydroxylation sites is 1. The fourth-order valence-corrected chi connectivity index (χ4v) is 3.75. The molecule has 1 aliphatic heterocycles. The SMILES string of the molecule is C=C1c2ccccc2NC1C(=O)NC(Cc1ccc(NC(=O)CCCCN=C(N)N)cc1)C(=O)O. The fraction of sp³-hybridized carbons (Fsp3) is 0.280. The van der Waals surface area contributed by atoms with Gasteiger partial charge < -0.3 is 32.5 Å². The molecule has 2 amide bonds. The summed E-state index contributed by atoms with van der Waals surface area (Å²) in [5.74, 6) is -1.70. The molecule has 10 heteroatoms. The molecule has 1 heterocycles. The molecule has 1 aliphatic rings. The number of carbonyl (C=O) groups is 3. The first-order valence-electron chi connectivity index (χ1n) is 11.3. The Hall–Kier alpha value is -4.34. The molecule has 0 saturated carbocycles. The molecule has 10 nitrogen and oxygen atoms in total. The highest BCUT2D eigenvalue weighted by Gasteiger charge is 2.32. The van der Waals surface area contributed by atoms with Crippen LogP contribution in [-0.2, 0) is 20.8 Å². The molecule has 0 fully saturated rings. The molecule has 0 aliphatic carbocycles. The minimum absolute atomic E-state index is 0.0328. The van der Waals surface area contributed by atoms with Gasteiger partial charge in [-0.3, -0.25) is 14.6 Å². The average molecular weight is 479 g/mol. The van der Waals surface area contributed by atoms with Crippen LogP contribution in [0.5, 0.6) is 0 Å². The number of carbonyl (C=O) groups excluding carboxylic acids is 2. The van der Waals surface area contributed by atoms with Gasteiger partial charge in [0, 0.05) is 36.3 Å². The molecule has 0 saturated heterocycles. The molecule has 8 N–H and O–H groups in total. The second kappa shape index (κ2) is 11.7. The zero-order chi connectivity index (χ0) is 25.4. The number of anilines is 2. The summed E-state index contributed by atoms with van der Waals surface area (Å²) in [5.41, 5.74) is 14.0. The molecule has 3 rings (SSSR count). The number of unbranched alkanes of at least 4 members (excludes halogenated alkanes) is 1. The number of hydrogen-bond acceptors (Lipinski definition) is 5. The van der Waals surface area contributed by atoms with Crippen LogP contribution in [-0.4, -0.2) is 47.5 Å². The fourth-order valence-electron chi connectivity index (χ4n) is 3.75. The summed E-state index contributed by atoms with van der Waals surface area (Å²) < 4.78 is 0. The lowest BCUT2D eigenvalue weighted by molar-refractivity contribution is -0.141. The standard InChI is InChI=1S/C25H30N6O4/c1-15-18-6-2-3-7-19(18)30-22(15)23(33)31-20(24(34)35)14-16-9-11-17(12-10-16)29-21(32)8-4-5-13-28-25(26)27/h2-3,6-7,9-12,20,22,30H,1,4-5,8,13-14H2,(H,29,32)(H,31,33)(H,34,35)(H4,26,27,28). The first kappa shape index (κ1) is 25.3. The third kappa shape index (κ3) is 7.07. The van der Waals surface area contributed by atoms with Gasteiger partial charge in [0.05, 0.1) is 0 Å². The van der Waals surface area contributed by atoms with Crippen molar-refractivity contribution >= 4 is 40.7 Å². The van der Waals surface area contributed by atoms with Crippen molar-refractivity contribution in [3.63, 3.8) is 0 Å². The van der Waals surface area contributed by atoms with Crippen molar-refractivity contribution in [3.8, 4) is 0 Å². The number of hydrogen-bond donors (Lipinski definition) is 6. The van der Waals surface area contributed by atoms with E-state index in [0.717, 1.165) is 11.3 Å². The van der Waals surface area contributed by atoms with E-state index in [4.69, 9.17) is 11.5 Å². The molecule has 2 atom stereocenters. The predicted molar refractivity (Wildman–Crippen MR) is 136 cm³/mol. The number of nitrogens with one attached hydrogen (secondary N) is 3. The lowest BCUT2D eigenvalue weighted by Crippen LogP contribution is -2.48. The van der Waals surface area contributed by atoms with Gasteiger partial charge in [-0.25, -0.2) is 4.79 Å². The molecular weight excluding hydrogens is 448 g/mol. The number of fused-ring (bicyclic) bond motifs is 1. The van der Waals surface area contributed by atoms with Crippen molar-refractivity contribution in [2.45, 2.75) is 37.8 Å². The Morgan fingerprint density at radius 1 is 1.09 bits per heavy atom. The number of benzene rings is 2. The summed E-state index contributed by atoms with van der Waals surface area (Å²) in [6, 6.07) is 12.4. The highest BCUT2D eigenvalue weighted by atomic mass is 16.4. The van der Waals surface area contributed by atoms with Crippen LogP contribution in [0.2, 0.25) is 0 Å². The van der Waals surface area contributed by atoms with E-state index < -0.39 is 24.0 Å². The van der Waals surface area contributed by atoms with Crippen LogP contribution in [0.4, 0.5) is 11.4 Å². The Bertz CT molecular complexity index is 1130. The first-order chi connectivity index (χ1) is 16.7. The number of aliphatic imine (C=N–C) groups is 1. The van der Waals surface area contributed by atoms with Gasteiger partial charge in [0.25, 0.3) is 0 Å². The van der Waals surface area contributed by atoms with E-state index in [-0.39, 0.29) is 18.3 Å². The number of rotatable bonds is 11. The van der Waals surface area contributed by atoms with E-state index in [2.05, 4.69) is 27.5 Å². The summed E-state index contributed by atoms with van der Waals surface area (Å²) in [7, 11) is 0. The van der Waals surface area contributed by atoms with Crippen LogP contribution in [0.25, 0.3) is 5.57 Å². The summed E-state index contributed by atoms with van der Waals surface area (Å²) in [6.45, 7) is 4.46. The maximum Gasteiger partial charge on any atom is 0.326 e. The Morgan fingerprint density at radius 2 is 1.80 bits per heavy atom. The number of nitrogens with zero attached hydrogens (tertiary/aromatic N) is 1. The normalized spacial score (nSPS) is 14.9. The summed E-state index contributed by atoms with van der Waals surface area (Å²) in [4.78, 5) is 40.6. The molecule has 0 radical (unpaired) electrons. The Balaban J connectivity index is 1.51. The minimum atomic E-state index is -1.14. The monoisotopic (exact) mass is 478 g/mol. The number of nitrogens with two attached hydrogens (primary N) is 2. The van der Waals surface area contributed by atoms with Crippen LogP contribution in [0.15, 0.2) is 60.1 Å². The van der Waals surface area contributed by atoms with E-state index in [9.17, 15) is 19.5 Å². The third-order valence-electron chi connectivity index (χ3n) is 5.58. The molecule has 2 aromatic rings. The Labute approximate surface area is 203 Å². The van der Waals surface area contributed by atoms with Gasteiger partial charge >= 0.3 is 5.97 Å². The maximum atomic E-state index is 12.8. The lowest BCUT2D eigenvalue weighted by Gasteiger charge is -2.19. The zero-order valence-corrected chi connectivity index (χ0v) is 19.3. The van der Waals surface area contributed by atoms with Crippen LogP contribution in [0, 0.1) is 0 Å². The van der Waals surface area contributed by atoms with E-state index in [1.54, 1.807) is 24.3 Å². The quantitative estimate of drug-likeness (QED) is 0.162. The van der Waals surface area contributed by atoms with Gasteiger partial charge in [-0.05, 0) is 42.2 Å². The number of carboxylic acids is 1. The summed E-state index contributed by atoms with van der Waals surface area (Å²) in [5, 5.41) is 18.1. The second-order valence-electron chi connectivity index (χ2n) is 8.26. The second-order valence-corrected chi connectivity index (χ2v) is 8.26. The van der Waals surface area contributed by atoms with Crippen LogP contribution < -0.4 is 27.4 Å². The molecule has 0 bridgehead atoms. The minimum Gasteiger partial charge on any atom is -0.480 e. The van der Waals surface area contributed by atoms with Gasteiger partial charge in [-0.2, -0.15) is 0 Å². The number of guanidine groups is 1. The van der Waals surface area contributed by atoms with Gasteiger partial charge in [-0.15, -0.1) is 0 Å². The lowest BCUT2D eigenvalue weighted by atomic mass is 10.0. The number of aliphatic carboxylic acids is 1. The average Bonchev–Trinajstić information content (AvgIpc) is 3.16. The van der Waals surface area contributed by atoms with Crippen LogP contribution >= 0.6 is 0 Å². The number of amides is 2.